The molecule has 1 aliphatic rings. The van der Waals surface area contributed by atoms with E-state index >= 15 is 0 Å². The lowest BCUT2D eigenvalue weighted by atomic mass is 9.95. The van der Waals surface area contributed by atoms with Crippen molar-refractivity contribution in [1.29, 1.82) is 0 Å². The molecule has 0 aliphatic carbocycles. The van der Waals surface area contributed by atoms with Gasteiger partial charge in [0.2, 0.25) is 5.91 Å². The second-order valence-corrected chi connectivity index (χ2v) is 19.4. The van der Waals surface area contributed by atoms with Crippen LogP contribution < -0.4 is 5.32 Å². The number of aryl methyl sites for hydroxylation is 1. The normalized spacial score (nSPS) is 17.5. The first-order chi connectivity index (χ1) is 19.2. The van der Waals surface area contributed by atoms with Gasteiger partial charge in [0.15, 0.2) is 0 Å². The number of piperazine rings is 1. The largest absolute Gasteiger partial charge is 0.444 e. The maximum absolute atomic E-state index is 13.7. The first kappa shape index (κ1) is 33.9. The van der Waals surface area contributed by atoms with Crippen molar-refractivity contribution in [3.8, 4) is 0 Å². The molecule has 42 heavy (non-hydrogen) atoms. The lowest BCUT2D eigenvalue weighted by Crippen LogP contribution is -2.63. The Kier molecular flexibility index (Phi) is 10.1. The summed E-state index contributed by atoms with van der Waals surface area (Å²) in [5, 5.41) is 8.59. The second kappa shape index (κ2) is 12.5. The molecule has 236 valence electrons. The number of ether oxygens (including phenoxy) is 2. The molecule has 3 rings (SSSR count). The van der Waals surface area contributed by atoms with Gasteiger partial charge in [-0.1, -0.05) is 37.8 Å². The van der Waals surface area contributed by atoms with Gasteiger partial charge >= 0.3 is 12.3 Å². The number of carbonyl (C=O) groups excluding carboxylic acids is 2. The molecule has 0 bridgehead atoms. The molecule has 1 aromatic heterocycles. The van der Waals surface area contributed by atoms with Crippen molar-refractivity contribution in [2.75, 3.05) is 32.8 Å². The van der Waals surface area contributed by atoms with E-state index in [9.17, 15) is 22.8 Å². The molecule has 0 radical (unpaired) electrons. The number of carbonyl (C=O) groups is 2. The van der Waals surface area contributed by atoms with E-state index in [1.807, 2.05) is 25.1 Å². The monoisotopic (exact) mass is 613 g/mol. The summed E-state index contributed by atoms with van der Waals surface area (Å²) in [4.78, 5) is 28.8. The molecule has 1 saturated heterocycles. The van der Waals surface area contributed by atoms with Crippen molar-refractivity contribution in [2.24, 2.45) is 0 Å². The Balaban J connectivity index is 1.87. The van der Waals surface area contributed by atoms with Crippen LogP contribution >= 0.6 is 0 Å². The quantitative estimate of drug-likeness (QED) is 0.297. The zero-order valence-electron chi connectivity index (χ0n) is 26.3. The number of halogens is 3. The van der Waals surface area contributed by atoms with Crippen LogP contribution in [0.1, 0.15) is 45.9 Å². The molecular weight excluding hydrogens is 567 g/mol. The van der Waals surface area contributed by atoms with E-state index in [1.54, 1.807) is 39.3 Å². The van der Waals surface area contributed by atoms with Crippen LogP contribution in [0.4, 0.5) is 18.0 Å². The van der Waals surface area contributed by atoms with Gasteiger partial charge in [0.25, 0.3) is 0 Å². The summed E-state index contributed by atoms with van der Waals surface area (Å²) < 4.78 is 53.6. The standard InChI is InChI=1S/C29H46F3N5O4Si/c1-20-11-10-12-21-23(20)37(19-40-15-16-42(7,8)9)34-24(21)28(5,6)33-25(38)22-17-35(26(39)41-27(2,3)4)13-14-36(22)18-29(30,31)32/h10-12,22H,13-19H2,1-9H3,(H,33,38)/t22-/m0/s1. The first-order valence-electron chi connectivity index (χ1n) is 14.3. The number of hydrogen-bond acceptors (Lipinski definition) is 6. The van der Waals surface area contributed by atoms with Crippen LogP contribution in [0.3, 0.4) is 0 Å². The predicted molar refractivity (Wildman–Crippen MR) is 159 cm³/mol. The molecule has 1 aromatic carbocycles. The van der Waals surface area contributed by atoms with Gasteiger partial charge in [-0.15, -0.1) is 0 Å². The van der Waals surface area contributed by atoms with Crippen molar-refractivity contribution in [3.05, 3.63) is 29.5 Å². The lowest BCUT2D eigenvalue weighted by molar-refractivity contribution is -0.160. The zero-order valence-corrected chi connectivity index (χ0v) is 27.3. The summed E-state index contributed by atoms with van der Waals surface area (Å²) in [6.45, 7) is 16.7. The minimum Gasteiger partial charge on any atom is -0.444 e. The third-order valence-corrected chi connectivity index (χ3v) is 8.74. The van der Waals surface area contributed by atoms with Gasteiger partial charge in [0, 0.05) is 39.7 Å². The van der Waals surface area contributed by atoms with Crippen molar-refractivity contribution >= 4 is 31.0 Å². The van der Waals surface area contributed by atoms with Crippen molar-refractivity contribution < 1.29 is 32.2 Å². The van der Waals surface area contributed by atoms with E-state index in [4.69, 9.17) is 14.6 Å². The fourth-order valence-electron chi connectivity index (χ4n) is 4.93. The molecule has 0 unspecified atom stereocenters. The summed E-state index contributed by atoms with van der Waals surface area (Å²) in [7, 11) is -1.27. The number of hydrogen-bond donors (Lipinski definition) is 1. The average Bonchev–Trinajstić information content (AvgIpc) is 3.20. The highest BCUT2D eigenvalue weighted by atomic mass is 28.3. The number of nitrogens with one attached hydrogen (secondary N) is 1. The Morgan fingerprint density at radius 2 is 1.76 bits per heavy atom. The van der Waals surface area contributed by atoms with E-state index in [1.165, 1.54) is 4.90 Å². The van der Waals surface area contributed by atoms with Gasteiger partial charge in [0.1, 0.15) is 18.4 Å². The number of nitrogens with zero attached hydrogens (tertiary/aromatic N) is 4. The van der Waals surface area contributed by atoms with Crippen molar-refractivity contribution in [2.45, 2.75) is 97.3 Å². The highest BCUT2D eigenvalue weighted by Crippen LogP contribution is 2.31. The van der Waals surface area contributed by atoms with Gasteiger partial charge in [-0.2, -0.15) is 18.3 Å². The Hall–Kier alpha value is -2.64. The summed E-state index contributed by atoms with van der Waals surface area (Å²) in [5.41, 5.74) is 0.598. The third kappa shape index (κ3) is 9.18. The number of para-hydroxylation sites is 1. The van der Waals surface area contributed by atoms with E-state index in [0.29, 0.717) is 12.3 Å². The highest BCUT2D eigenvalue weighted by molar-refractivity contribution is 6.76. The summed E-state index contributed by atoms with van der Waals surface area (Å²) in [5.74, 6) is -0.626. The van der Waals surface area contributed by atoms with Gasteiger partial charge < -0.3 is 19.7 Å². The molecule has 2 amide bonds. The predicted octanol–water partition coefficient (Wildman–Crippen LogP) is 5.49. The molecule has 1 aliphatic heterocycles. The highest BCUT2D eigenvalue weighted by Gasteiger charge is 2.43. The molecule has 1 N–H and O–H groups in total. The molecule has 1 atom stereocenters. The first-order valence-corrected chi connectivity index (χ1v) is 18.0. The van der Waals surface area contributed by atoms with Crippen LogP contribution in [-0.4, -0.2) is 90.3 Å². The van der Waals surface area contributed by atoms with Crippen molar-refractivity contribution in [1.82, 2.24) is 24.9 Å². The van der Waals surface area contributed by atoms with E-state index in [2.05, 4.69) is 25.0 Å². The molecule has 9 nitrogen and oxygen atoms in total. The van der Waals surface area contributed by atoms with Crippen LogP contribution in [-0.2, 0) is 26.5 Å². The Morgan fingerprint density at radius 3 is 2.36 bits per heavy atom. The van der Waals surface area contributed by atoms with Gasteiger partial charge in [-0.05, 0) is 53.1 Å². The van der Waals surface area contributed by atoms with Gasteiger partial charge in [-0.3, -0.25) is 9.69 Å². The third-order valence-electron chi connectivity index (χ3n) is 7.04. The number of alkyl halides is 3. The van der Waals surface area contributed by atoms with E-state index < -0.39 is 50.0 Å². The molecule has 0 saturated carbocycles. The molecule has 13 heteroatoms. The topological polar surface area (TPSA) is 88.9 Å². The number of benzene rings is 1. The molecular formula is C29H46F3N5O4Si. The fraction of sp³-hybridized carbons (Fsp3) is 0.690. The van der Waals surface area contributed by atoms with Crippen LogP contribution in [0, 0.1) is 6.92 Å². The van der Waals surface area contributed by atoms with Crippen LogP contribution in [0.15, 0.2) is 18.2 Å². The second-order valence-electron chi connectivity index (χ2n) is 13.8. The lowest BCUT2D eigenvalue weighted by Gasteiger charge is -2.41. The van der Waals surface area contributed by atoms with Crippen LogP contribution in [0.5, 0.6) is 0 Å². The summed E-state index contributed by atoms with van der Waals surface area (Å²) in [6, 6.07) is 5.57. The average molecular weight is 614 g/mol. The molecule has 2 heterocycles. The van der Waals surface area contributed by atoms with Crippen LogP contribution in [0.2, 0.25) is 25.7 Å². The number of rotatable bonds is 9. The number of fused-ring (bicyclic) bond motifs is 1. The number of aromatic nitrogens is 2. The molecule has 2 aromatic rings. The fourth-order valence-corrected chi connectivity index (χ4v) is 5.69. The SMILES string of the molecule is Cc1cccc2c(C(C)(C)NC(=O)[C@@H]3CN(C(=O)OC(C)(C)C)CCN3CC(F)(F)F)nn(COCC[Si](C)(C)C)c12. The maximum atomic E-state index is 13.7. The Labute approximate surface area is 247 Å². The maximum Gasteiger partial charge on any atom is 0.410 e. The minimum absolute atomic E-state index is 0.0180. The van der Waals surface area contributed by atoms with Crippen LogP contribution in [0.25, 0.3) is 10.9 Å². The molecule has 1 fully saturated rings. The van der Waals surface area contributed by atoms with E-state index in [-0.39, 0.29) is 26.4 Å². The van der Waals surface area contributed by atoms with E-state index in [0.717, 1.165) is 27.4 Å². The summed E-state index contributed by atoms with van der Waals surface area (Å²) >= 11 is 0. The smallest absolute Gasteiger partial charge is 0.410 e. The molecule has 0 spiro atoms. The van der Waals surface area contributed by atoms with Gasteiger partial charge in [-0.25, -0.2) is 9.48 Å². The van der Waals surface area contributed by atoms with Gasteiger partial charge in [0.05, 0.1) is 23.3 Å². The summed E-state index contributed by atoms with van der Waals surface area (Å²) in [6.07, 6.45) is -5.18. The minimum atomic E-state index is -4.51. The Morgan fingerprint density at radius 1 is 1.10 bits per heavy atom. The number of amides is 2. The van der Waals surface area contributed by atoms with Crippen molar-refractivity contribution in [3.63, 3.8) is 0 Å². The zero-order chi connectivity index (χ0) is 31.7. The Bertz CT molecular complexity index is 1270.